The Balaban J connectivity index is 1.93. The number of benzene rings is 2. The minimum Gasteiger partial charge on any atom is -0.443 e. The van der Waals surface area contributed by atoms with Crippen molar-refractivity contribution in [1.29, 1.82) is 0 Å². The number of hydrogen-bond acceptors (Lipinski definition) is 3. The largest absolute Gasteiger partial charge is 0.443 e. The molecule has 7 heteroatoms. The molecule has 0 aliphatic carbocycles. The molecule has 0 unspecified atom stereocenters. The highest BCUT2D eigenvalue weighted by Crippen LogP contribution is 2.40. The predicted molar refractivity (Wildman–Crippen MR) is 84.2 cm³/mol. The van der Waals surface area contributed by atoms with Crippen molar-refractivity contribution in [1.82, 2.24) is 5.32 Å². The van der Waals surface area contributed by atoms with Crippen molar-refractivity contribution in [2.75, 3.05) is 6.61 Å². The summed E-state index contributed by atoms with van der Waals surface area (Å²) in [6.07, 6.45) is -0.841. The molecule has 3 rings (SSSR count). The van der Waals surface area contributed by atoms with Crippen molar-refractivity contribution in [3.63, 3.8) is 0 Å². The molecule has 0 spiro atoms. The molecule has 2 aromatic carbocycles. The number of carbonyl (C=O) groups is 1. The Bertz CT molecular complexity index is 724. The summed E-state index contributed by atoms with van der Waals surface area (Å²) in [7, 11) is 0. The van der Waals surface area contributed by atoms with Crippen LogP contribution in [0.1, 0.15) is 11.6 Å². The third kappa shape index (κ3) is 3.59. The van der Waals surface area contributed by atoms with Crippen LogP contribution in [0.15, 0.2) is 58.3 Å². The van der Waals surface area contributed by atoms with Crippen LogP contribution in [0.25, 0.3) is 0 Å². The van der Waals surface area contributed by atoms with Crippen LogP contribution < -0.4 is 5.32 Å². The fourth-order valence-corrected chi connectivity index (χ4v) is 3.36. The average Bonchev–Trinajstić information content (AvgIpc) is 2.53. The van der Waals surface area contributed by atoms with Crippen molar-refractivity contribution in [3.05, 3.63) is 59.1 Å². The van der Waals surface area contributed by atoms with E-state index in [0.717, 1.165) is 4.90 Å². The molecule has 23 heavy (non-hydrogen) atoms. The van der Waals surface area contributed by atoms with Crippen molar-refractivity contribution in [2.45, 2.75) is 21.8 Å². The quantitative estimate of drug-likeness (QED) is 0.850. The van der Waals surface area contributed by atoms with E-state index >= 15 is 0 Å². The van der Waals surface area contributed by atoms with E-state index in [1.165, 1.54) is 11.8 Å². The lowest BCUT2D eigenvalue weighted by atomic mass is 10.00. The maximum absolute atomic E-state index is 14.1. The zero-order valence-electron chi connectivity index (χ0n) is 11.8. The summed E-state index contributed by atoms with van der Waals surface area (Å²) >= 11 is 7.19. The van der Waals surface area contributed by atoms with Crippen LogP contribution in [0.2, 0.25) is 5.02 Å². The normalized spacial score (nSPS) is 19.8. The fourth-order valence-electron chi connectivity index (χ4n) is 2.26. The Morgan fingerprint density at radius 1 is 1.17 bits per heavy atom. The maximum Gasteiger partial charge on any atom is 0.408 e. The molecule has 0 aromatic heterocycles. The van der Waals surface area contributed by atoms with Gasteiger partial charge in [0.15, 0.2) is 6.61 Å². The molecule has 1 aliphatic rings. The van der Waals surface area contributed by atoms with Gasteiger partial charge in [0.25, 0.3) is 0 Å². The molecule has 1 amide bonds. The van der Waals surface area contributed by atoms with Gasteiger partial charge in [-0.15, -0.1) is 0 Å². The van der Waals surface area contributed by atoms with Crippen LogP contribution in [0.3, 0.4) is 0 Å². The van der Waals surface area contributed by atoms with Gasteiger partial charge in [0, 0.05) is 14.8 Å². The van der Waals surface area contributed by atoms with E-state index in [-0.39, 0.29) is 0 Å². The predicted octanol–water partition coefficient (Wildman–Crippen LogP) is 4.91. The van der Waals surface area contributed by atoms with Gasteiger partial charge >= 0.3 is 12.0 Å². The maximum atomic E-state index is 14.1. The summed E-state index contributed by atoms with van der Waals surface area (Å²) in [4.78, 5) is 12.9. The highest BCUT2D eigenvalue weighted by molar-refractivity contribution is 7.99. The third-order valence-electron chi connectivity index (χ3n) is 3.35. The Morgan fingerprint density at radius 2 is 1.87 bits per heavy atom. The van der Waals surface area contributed by atoms with Crippen molar-refractivity contribution < 1.29 is 18.3 Å². The van der Waals surface area contributed by atoms with Crippen molar-refractivity contribution >= 4 is 29.5 Å². The van der Waals surface area contributed by atoms with Crippen LogP contribution >= 0.6 is 23.4 Å². The van der Waals surface area contributed by atoms with Gasteiger partial charge in [0.1, 0.15) is 6.04 Å². The third-order valence-corrected chi connectivity index (χ3v) is 4.70. The van der Waals surface area contributed by atoms with Crippen LogP contribution in [0, 0.1) is 0 Å². The standard InChI is InChI=1S/C16H12ClF2NO2S/c17-10-5-7-11(8-6-10)23-13-4-2-1-3-12(13)14-16(18,19)9-22-15(21)20-14/h1-8,14H,9H2,(H,20,21)/t14-/m0/s1. The van der Waals surface area contributed by atoms with Gasteiger partial charge < -0.3 is 10.1 Å². The number of cyclic esters (lactones) is 1. The second kappa shape index (κ2) is 6.37. The molecule has 1 heterocycles. The van der Waals surface area contributed by atoms with Gasteiger partial charge in [-0.1, -0.05) is 41.6 Å². The summed E-state index contributed by atoms with van der Waals surface area (Å²) in [5, 5.41) is 2.82. The first-order chi connectivity index (χ1) is 11.0. The minimum absolute atomic E-state index is 0.356. The SMILES string of the molecule is O=C1N[C@@H](c2ccccc2Sc2ccc(Cl)cc2)C(F)(F)CO1. The molecular weight excluding hydrogens is 344 g/mol. The van der Waals surface area contributed by atoms with Gasteiger partial charge in [-0.05, 0) is 35.9 Å². The molecule has 0 bridgehead atoms. The van der Waals surface area contributed by atoms with Gasteiger partial charge in [0.05, 0.1) is 0 Å². The van der Waals surface area contributed by atoms with Crippen molar-refractivity contribution in [3.8, 4) is 0 Å². The van der Waals surface area contributed by atoms with Crippen LogP contribution in [-0.4, -0.2) is 18.6 Å². The van der Waals surface area contributed by atoms with Gasteiger partial charge in [-0.25, -0.2) is 13.6 Å². The second-order valence-electron chi connectivity index (χ2n) is 5.01. The topological polar surface area (TPSA) is 38.3 Å². The smallest absolute Gasteiger partial charge is 0.408 e. The van der Waals surface area contributed by atoms with Gasteiger partial charge in [0.2, 0.25) is 0 Å². The molecule has 3 nitrogen and oxygen atoms in total. The number of hydrogen-bond donors (Lipinski definition) is 1. The fraction of sp³-hybridized carbons (Fsp3) is 0.188. The van der Waals surface area contributed by atoms with E-state index in [9.17, 15) is 13.6 Å². The Hall–Kier alpha value is -1.79. The summed E-state index contributed by atoms with van der Waals surface area (Å²) < 4.78 is 32.7. The molecule has 0 saturated carbocycles. The van der Waals surface area contributed by atoms with Gasteiger partial charge in [-0.3, -0.25) is 0 Å². The van der Waals surface area contributed by atoms with Crippen LogP contribution in [-0.2, 0) is 4.74 Å². The molecule has 1 fully saturated rings. The highest BCUT2D eigenvalue weighted by Gasteiger charge is 2.47. The summed E-state index contributed by atoms with van der Waals surface area (Å²) in [5.74, 6) is -3.18. The Kier molecular flexibility index (Phi) is 4.46. The number of nitrogens with one attached hydrogen (secondary N) is 1. The molecular formula is C16H12ClF2NO2S. The first-order valence-electron chi connectivity index (χ1n) is 6.79. The van der Waals surface area contributed by atoms with Crippen LogP contribution in [0.5, 0.6) is 0 Å². The Labute approximate surface area is 141 Å². The molecule has 0 radical (unpaired) electrons. The van der Waals surface area contributed by atoms with E-state index in [1.54, 1.807) is 36.4 Å². The number of carbonyl (C=O) groups excluding carboxylic acids is 1. The second-order valence-corrected chi connectivity index (χ2v) is 6.56. The molecule has 1 N–H and O–H groups in total. The lowest BCUT2D eigenvalue weighted by Crippen LogP contribution is -2.49. The molecule has 1 saturated heterocycles. The lowest BCUT2D eigenvalue weighted by Gasteiger charge is -2.32. The monoisotopic (exact) mass is 355 g/mol. The van der Waals surface area contributed by atoms with Gasteiger partial charge in [-0.2, -0.15) is 0 Å². The van der Waals surface area contributed by atoms with E-state index in [2.05, 4.69) is 10.1 Å². The molecule has 2 aromatic rings. The molecule has 1 aliphatic heterocycles. The first-order valence-corrected chi connectivity index (χ1v) is 7.98. The number of ether oxygens (including phenoxy) is 1. The van der Waals surface area contributed by atoms with E-state index in [4.69, 9.17) is 11.6 Å². The highest BCUT2D eigenvalue weighted by atomic mass is 35.5. The summed E-state index contributed by atoms with van der Waals surface area (Å²) in [6.45, 7) is -0.927. The first kappa shape index (κ1) is 16.1. The number of amides is 1. The molecule has 1 atom stereocenters. The van der Waals surface area contributed by atoms with E-state index in [0.29, 0.717) is 15.5 Å². The molecule has 120 valence electrons. The number of alkyl halides is 2. The number of rotatable bonds is 3. The van der Waals surface area contributed by atoms with E-state index in [1.807, 2.05) is 12.1 Å². The Morgan fingerprint density at radius 3 is 2.61 bits per heavy atom. The summed E-state index contributed by atoms with van der Waals surface area (Å²) in [5.41, 5.74) is 0.356. The lowest BCUT2D eigenvalue weighted by molar-refractivity contribution is -0.104. The number of halogens is 3. The zero-order chi connectivity index (χ0) is 16.4. The van der Waals surface area contributed by atoms with E-state index < -0.39 is 24.7 Å². The van der Waals surface area contributed by atoms with Crippen LogP contribution in [0.4, 0.5) is 13.6 Å². The van der Waals surface area contributed by atoms with Crippen molar-refractivity contribution in [2.24, 2.45) is 0 Å². The average molecular weight is 356 g/mol. The minimum atomic E-state index is -3.18. The zero-order valence-corrected chi connectivity index (χ0v) is 13.3. The summed E-state index contributed by atoms with van der Waals surface area (Å²) in [6, 6.07) is 12.4. The number of alkyl carbamates (subject to hydrolysis) is 1.